The van der Waals surface area contributed by atoms with Gasteiger partial charge in [-0.25, -0.2) is 8.42 Å². The number of amides is 1. The van der Waals surface area contributed by atoms with Crippen LogP contribution in [0.1, 0.15) is 24.0 Å². The van der Waals surface area contributed by atoms with Crippen molar-refractivity contribution in [1.82, 2.24) is 19.1 Å². The van der Waals surface area contributed by atoms with E-state index in [0.717, 1.165) is 28.1 Å². The average molecular weight is 494 g/mol. The predicted octanol–water partition coefficient (Wildman–Crippen LogP) is 3.38. The molecule has 0 radical (unpaired) electrons. The molecule has 1 fully saturated rings. The summed E-state index contributed by atoms with van der Waals surface area (Å²) >= 11 is 0. The smallest absolute Gasteiger partial charge is 0.309 e. The highest BCUT2D eigenvalue weighted by molar-refractivity contribution is 7.89. The second-order valence-electron chi connectivity index (χ2n) is 7.95. The van der Waals surface area contributed by atoms with Crippen LogP contribution >= 0.6 is 0 Å². The number of nitrogens with zero attached hydrogens (tertiary/aromatic N) is 4. The maximum absolute atomic E-state index is 13.0. The summed E-state index contributed by atoms with van der Waals surface area (Å²) in [5.41, 5.74) is -0.0661. The van der Waals surface area contributed by atoms with E-state index in [1.54, 1.807) is 29.3 Å². The van der Waals surface area contributed by atoms with Gasteiger partial charge in [0.1, 0.15) is 0 Å². The Balaban J connectivity index is 1.34. The van der Waals surface area contributed by atoms with Gasteiger partial charge in [-0.05, 0) is 42.7 Å². The van der Waals surface area contributed by atoms with E-state index in [0.29, 0.717) is 18.4 Å². The number of anilines is 1. The second-order valence-corrected chi connectivity index (χ2v) is 9.89. The maximum Gasteiger partial charge on any atom is 0.416 e. The summed E-state index contributed by atoms with van der Waals surface area (Å²) in [4.78, 5) is 16.3. The van der Waals surface area contributed by atoms with Crippen molar-refractivity contribution in [2.24, 2.45) is 5.92 Å². The van der Waals surface area contributed by atoms with Crippen LogP contribution in [-0.4, -0.2) is 46.5 Å². The summed E-state index contributed by atoms with van der Waals surface area (Å²) in [6.45, 7) is 0.563. The van der Waals surface area contributed by atoms with E-state index in [9.17, 15) is 26.4 Å². The normalized spacial score (nSPS) is 15.9. The van der Waals surface area contributed by atoms with Gasteiger partial charge in [-0.15, -0.1) is 0 Å². The first-order valence-corrected chi connectivity index (χ1v) is 12.0. The van der Waals surface area contributed by atoms with E-state index in [2.05, 4.69) is 15.4 Å². The number of aromatic nitrogens is 3. The van der Waals surface area contributed by atoms with Crippen molar-refractivity contribution in [1.29, 1.82) is 0 Å². The fourth-order valence-corrected chi connectivity index (χ4v) is 5.28. The Labute approximate surface area is 194 Å². The number of hydrogen-bond acceptors (Lipinski definition) is 5. The van der Waals surface area contributed by atoms with Crippen molar-refractivity contribution in [3.8, 4) is 0 Å². The zero-order chi connectivity index (χ0) is 24.3. The molecule has 0 spiro atoms. The zero-order valence-electron chi connectivity index (χ0n) is 17.9. The van der Waals surface area contributed by atoms with Gasteiger partial charge in [0, 0.05) is 43.7 Å². The number of sulfonamides is 1. The van der Waals surface area contributed by atoms with Crippen LogP contribution in [0.5, 0.6) is 0 Å². The summed E-state index contributed by atoms with van der Waals surface area (Å²) in [7, 11) is -4.10. The largest absolute Gasteiger partial charge is 0.416 e. The summed E-state index contributed by atoms with van der Waals surface area (Å²) in [6, 6.07) is 9.08. The Hall–Kier alpha value is -3.25. The lowest BCUT2D eigenvalue weighted by atomic mass is 9.97. The van der Waals surface area contributed by atoms with Gasteiger partial charge in [-0.3, -0.25) is 14.5 Å². The molecule has 3 aromatic rings. The molecule has 1 aliphatic heterocycles. The number of pyridine rings is 1. The van der Waals surface area contributed by atoms with Crippen molar-refractivity contribution in [3.63, 3.8) is 0 Å². The molecule has 3 heterocycles. The number of nitrogens with one attached hydrogen (secondary N) is 1. The molecule has 0 bridgehead atoms. The molecular formula is C22H22F3N5O3S. The van der Waals surface area contributed by atoms with E-state index >= 15 is 0 Å². The SMILES string of the molecule is O=C(Nc1ccn(Cc2cccnc2)n1)C1CCN(S(=O)(=O)c2cccc(C(F)(F)F)c2)CC1. The summed E-state index contributed by atoms with van der Waals surface area (Å²) < 4.78 is 67.3. The lowest BCUT2D eigenvalue weighted by Crippen LogP contribution is -2.41. The molecule has 0 unspecified atom stereocenters. The van der Waals surface area contributed by atoms with Gasteiger partial charge < -0.3 is 5.32 Å². The molecule has 12 heteroatoms. The lowest BCUT2D eigenvalue weighted by molar-refractivity contribution is -0.137. The number of benzene rings is 1. The molecule has 4 rings (SSSR count). The minimum Gasteiger partial charge on any atom is -0.309 e. The fraction of sp³-hybridized carbons (Fsp3) is 0.318. The molecule has 0 saturated carbocycles. The number of piperidine rings is 1. The number of carbonyl (C=O) groups excluding carboxylic acids is 1. The quantitative estimate of drug-likeness (QED) is 0.568. The zero-order valence-corrected chi connectivity index (χ0v) is 18.8. The lowest BCUT2D eigenvalue weighted by Gasteiger charge is -2.30. The molecule has 0 atom stereocenters. The predicted molar refractivity (Wildman–Crippen MR) is 117 cm³/mol. The molecule has 1 saturated heterocycles. The highest BCUT2D eigenvalue weighted by Crippen LogP contribution is 2.32. The van der Waals surface area contributed by atoms with Crippen LogP contribution in [0.4, 0.5) is 19.0 Å². The Bertz CT molecular complexity index is 1250. The summed E-state index contributed by atoms with van der Waals surface area (Å²) in [6.07, 6.45) is 0.991. The van der Waals surface area contributed by atoms with E-state index in [4.69, 9.17) is 0 Å². The Morgan fingerprint density at radius 1 is 1.12 bits per heavy atom. The van der Waals surface area contributed by atoms with Crippen LogP contribution in [0.3, 0.4) is 0 Å². The number of rotatable bonds is 6. The highest BCUT2D eigenvalue weighted by Gasteiger charge is 2.35. The van der Waals surface area contributed by atoms with Crippen molar-refractivity contribution in [2.45, 2.75) is 30.5 Å². The molecule has 34 heavy (non-hydrogen) atoms. The molecule has 2 aromatic heterocycles. The Kier molecular flexibility index (Phi) is 6.71. The van der Waals surface area contributed by atoms with E-state index in [-0.39, 0.29) is 31.8 Å². The van der Waals surface area contributed by atoms with Gasteiger partial charge in [0.05, 0.1) is 17.0 Å². The number of alkyl halides is 3. The maximum atomic E-state index is 13.0. The van der Waals surface area contributed by atoms with Crippen LogP contribution in [-0.2, 0) is 27.5 Å². The molecular weight excluding hydrogens is 471 g/mol. The molecule has 180 valence electrons. The number of halogens is 3. The fourth-order valence-electron chi connectivity index (χ4n) is 3.76. The topological polar surface area (TPSA) is 97.2 Å². The van der Waals surface area contributed by atoms with Gasteiger partial charge in [0.15, 0.2) is 5.82 Å². The third-order valence-corrected chi connectivity index (χ3v) is 7.48. The third-order valence-electron chi connectivity index (χ3n) is 5.58. The molecule has 1 aliphatic rings. The van der Waals surface area contributed by atoms with Gasteiger partial charge in [0.25, 0.3) is 0 Å². The Morgan fingerprint density at radius 2 is 1.88 bits per heavy atom. The molecule has 1 N–H and O–H groups in total. The number of carbonyl (C=O) groups is 1. The van der Waals surface area contributed by atoms with Gasteiger partial charge in [-0.2, -0.15) is 22.6 Å². The van der Waals surface area contributed by atoms with Crippen LogP contribution in [0.15, 0.2) is 66.0 Å². The first-order valence-electron chi connectivity index (χ1n) is 10.5. The highest BCUT2D eigenvalue weighted by atomic mass is 32.2. The van der Waals surface area contributed by atoms with Gasteiger partial charge >= 0.3 is 6.18 Å². The first kappa shape index (κ1) is 23.9. The second kappa shape index (κ2) is 9.55. The van der Waals surface area contributed by atoms with E-state index in [1.807, 2.05) is 12.1 Å². The van der Waals surface area contributed by atoms with Crippen LogP contribution in [0.2, 0.25) is 0 Å². The van der Waals surface area contributed by atoms with Gasteiger partial charge in [0.2, 0.25) is 15.9 Å². The van der Waals surface area contributed by atoms with Crippen LogP contribution < -0.4 is 5.32 Å². The summed E-state index contributed by atoms with van der Waals surface area (Å²) in [5, 5.41) is 7.07. The first-order chi connectivity index (χ1) is 16.1. The standard InChI is InChI=1S/C22H22F3N5O3S/c23-22(24,25)18-4-1-5-19(13-18)34(32,33)30-11-6-17(7-12-30)21(31)27-20-8-10-29(28-20)15-16-3-2-9-26-14-16/h1-5,8-10,13-14,17H,6-7,11-12,15H2,(H,27,28,31). The molecule has 1 aromatic carbocycles. The van der Waals surface area contributed by atoms with Gasteiger partial charge in [-0.1, -0.05) is 12.1 Å². The van der Waals surface area contributed by atoms with E-state index in [1.165, 1.54) is 0 Å². The summed E-state index contributed by atoms with van der Waals surface area (Å²) in [5.74, 6) is -0.327. The number of hydrogen-bond donors (Lipinski definition) is 1. The van der Waals surface area contributed by atoms with Crippen molar-refractivity contribution >= 4 is 21.7 Å². The van der Waals surface area contributed by atoms with Crippen molar-refractivity contribution < 1.29 is 26.4 Å². The van der Waals surface area contributed by atoms with E-state index < -0.39 is 32.6 Å². The third kappa shape index (κ3) is 5.45. The average Bonchev–Trinajstić information content (AvgIpc) is 3.26. The molecule has 0 aliphatic carbocycles. The molecule has 8 nitrogen and oxygen atoms in total. The minimum atomic E-state index is -4.64. The van der Waals surface area contributed by atoms with Crippen molar-refractivity contribution in [2.75, 3.05) is 18.4 Å². The van der Waals surface area contributed by atoms with Crippen LogP contribution in [0, 0.1) is 5.92 Å². The Morgan fingerprint density at radius 3 is 2.56 bits per heavy atom. The minimum absolute atomic E-state index is 0.0338. The van der Waals surface area contributed by atoms with Crippen molar-refractivity contribution in [3.05, 3.63) is 72.2 Å². The van der Waals surface area contributed by atoms with Crippen LogP contribution in [0.25, 0.3) is 0 Å². The molecule has 1 amide bonds. The monoisotopic (exact) mass is 493 g/mol.